The van der Waals surface area contributed by atoms with Crippen LogP contribution in [0.15, 0.2) is 72.8 Å². The average molecular weight is 870 g/mol. The molecular weight excluding hydrogens is 815 g/mol. The summed E-state index contributed by atoms with van der Waals surface area (Å²) in [6.07, 6.45) is 8.58. The lowest BCUT2D eigenvalue weighted by Crippen LogP contribution is -2.58. The Morgan fingerprint density at radius 1 is 0.650 bits per heavy atom. The summed E-state index contributed by atoms with van der Waals surface area (Å²) in [4.78, 5) is 34.7. The first-order valence-corrected chi connectivity index (χ1v) is 25.0. The molecule has 2 amide bonds. The monoisotopic (exact) mass is 869 g/mol. The van der Waals surface area contributed by atoms with Gasteiger partial charge in [0, 0.05) is 68.1 Å². The molecule has 60 heavy (non-hydrogen) atoms. The molecule has 1 spiro atoms. The Labute approximate surface area is 361 Å². The van der Waals surface area contributed by atoms with Crippen LogP contribution in [0, 0.1) is 23.7 Å². The number of piperazine rings is 2. The molecule has 2 saturated carbocycles. The molecule has 2 aliphatic carbocycles. The molecule has 0 radical (unpaired) electrons. The summed E-state index contributed by atoms with van der Waals surface area (Å²) in [7, 11) is -3.92. The summed E-state index contributed by atoms with van der Waals surface area (Å²) < 4.78 is 40.7. The van der Waals surface area contributed by atoms with E-state index in [1.165, 1.54) is 107 Å². The molecule has 0 unspecified atom stereocenters. The zero-order chi connectivity index (χ0) is 41.4. The first kappa shape index (κ1) is 41.4. The summed E-state index contributed by atoms with van der Waals surface area (Å²) >= 11 is 3.23. The Balaban J connectivity index is 0.000000147. The number of carbonyl (C=O) groups is 2. The third-order valence-corrected chi connectivity index (χ3v) is 15.7. The van der Waals surface area contributed by atoms with Gasteiger partial charge in [-0.1, -0.05) is 49.2 Å². The number of rotatable bonds is 6. The minimum atomic E-state index is -3.92. The van der Waals surface area contributed by atoms with Crippen LogP contribution in [0.2, 0.25) is 0 Å². The molecule has 3 aromatic carbocycles. The van der Waals surface area contributed by atoms with Crippen molar-refractivity contribution in [3.63, 3.8) is 0 Å². The minimum absolute atomic E-state index is 0.120. The van der Waals surface area contributed by atoms with Crippen LogP contribution >= 0.6 is 23.1 Å². The SMILES string of the molecule is CS(=O)(=O)[O-].O=C1c2ccccc2C(=O)N1C[C@H]1CCC[C@@H]1CN1CCN(c2nsc3ccccc23)CC1.c1ccc2c(N3CC[N+]4(CC3)C[C@H]3CCC[C@@H]3C4)nsc2c1. The Morgan fingerprint density at radius 3 is 1.63 bits per heavy atom. The van der Waals surface area contributed by atoms with Crippen molar-refractivity contribution in [1.82, 2.24) is 18.5 Å². The zero-order valence-corrected chi connectivity index (χ0v) is 36.8. The van der Waals surface area contributed by atoms with E-state index in [1.54, 1.807) is 35.2 Å². The number of quaternary nitrogens is 1. The maximum Gasteiger partial charge on any atom is 0.261 e. The van der Waals surface area contributed by atoms with E-state index < -0.39 is 10.1 Å². The highest BCUT2D eigenvalue weighted by atomic mass is 32.2. The Kier molecular flexibility index (Phi) is 12.0. The maximum absolute atomic E-state index is 12.8. The molecule has 2 aromatic heterocycles. The number of anilines is 2. The highest BCUT2D eigenvalue weighted by Gasteiger charge is 2.48. The first-order chi connectivity index (χ1) is 29.0. The largest absolute Gasteiger partial charge is 0.748 e. The van der Waals surface area contributed by atoms with E-state index >= 15 is 0 Å². The third-order valence-electron chi connectivity index (χ3n) is 14.0. The van der Waals surface area contributed by atoms with Gasteiger partial charge < -0.3 is 18.8 Å². The number of amides is 2. The fraction of sp³-hybridized carbons (Fsp3) is 0.511. The van der Waals surface area contributed by atoms with Crippen molar-refractivity contribution in [3.05, 3.63) is 83.9 Å². The third kappa shape index (κ3) is 8.84. The number of aromatic nitrogens is 2. The second-order valence-corrected chi connectivity index (χ2v) is 20.8. The molecule has 3 saturated heterocycles. The van der Waals surface area contributed by atoms with Gasteiger partial charge in [-0.2, -0.15) is 8.75 Å². The van der Waals surface area contributed by atoms with Crippen LogP contribution < -0.4 is 9.80 Å². The van der Waals surface area contributed by atoms with Crippen molar-refractivity contribution < 1.29 is 27.0 Å². The fourth-order valence-corrected chi connectivity index (χ4v) is 12.6. The topological polar surface area (TPSA) is 130 Å². The Morgan fingerprint density at radius 2 is 1.10 bits per heavy atom. The van der Waals surface area contributed by atoms with E-state index in [1.807, 2.05) is 12.1 Å². The minimum Gasteiger partial charge on any atom is -0.748 e. The fourth-order valence-electron chi connectivity index (χ4n) is 11.0. The van der Waals surface area contributed by atoms with Crippen LogP contribution in [0.25, 0.3) is 20.2 Å². The van der Waals surface area contributed by atoms with E-state index in [4.69, 9.17) is 21.7 Å². The van der Waals surface area contributed by atoms with Crippen molar-refractivity contribution in [2.45, 2.75) is 38.5 Å². The number of carbonyl (C=O) groups excluding carboxylic acids is 2. The Hall–Kier alpha value is -3.99. The second-order valence-electron chi connectivity index (χ2n) is 17.8. The van der Waals surface area contributed by atoms with E-state index in [-0.39, 0.29) is 11.8 Å². The van der Waals surface area contributed by atoms with Crippen molar-refractivity contribution in [1.29, 1.82) is 0 Å². The molecule has 15 heteroatoms. The van der Waals surface area contributed by atoms with E-state index in [9.17, 15) is 9.59 Å². The number of hydrogen-bond donors (Lipinski definition) is 0. The first-order valence-electron chi connectivity index (χ1n) is 21.6. The highest BCUT2D eigenvalue weighted by Crippen LogP contribution is 2.43. The van der Waals surface area contributed by atoms with Gasteiger partial charge in [-0.25, -0.2) is 8.42 Å². The van der Waals surface area contributed by atoms with Crippen molar-refractivity contribution >= 4 is 76.8 Å². The molecule has 5 fully saturated rings. The van der Waals surface area contributed by atoms with E-state index in [0.717, 1.165) is 56.8 Å². The summed E-state index contributed by atoms with van der Waals surface area (Å²) in [6.45, 7) is 13.6. The number of nitrogens with zero attached hydrogens (tertiary/aromatic N) is 7. The molecule has 11 rings (SSSR count). The predicted molar refractivity (Wildman–Crippen MR) is 239 cm³/mol. The normalized spacial score (nSPS) is 25.1. The molecule has 0 bridgehead atoms. The lowest BCUT2D eigenvalue weighted by Gasteiger charge is -2.43. The molecule has 4 atom stereocenters. The average Bonchev–Trinajstić information content (AvgIpc) is 4.11. The van der Waals surface area contributed by atoms with Gasteiger partial charge in [0.1, 0.15) is 5.82 Å². The summed E-state index contributed by atoms with van der Waals surface area (Å²) in [5, 5.41) is 2.60. The van der Waals surface area contributed by atoms with Gasteiger partial charge in [0.25, 0.3) is 11.8 Å². The number of fused-ring (bicyclic) bond motifs is 4. The molecule has 12 nitrogen and oxygen atoms in total. The molecule has 5 aromatic rings. The van der Waals surface area contributed by atoms with Gasteiger partial charge in [0.2, 0.25) is 0 Å². The quantitative estimate of drug-likeness (QED) is 0.104. The van der Waals surface area contributed by atoms with Gasteiger partial charge in [0.05, 0.1) is 69.9 Å². The second kappa shape index (κ2) is 17.4. The van der Waals surface area contributed by atoms with Gasteiger partial charge in [0.15, 0.2) is 5.82 Å². The molecular formula is C45H55N7O5S3. The standard InChI is InChI=1S/C26H28N4O2S.C18H24N3S.CH4O3S/c31-25-20-8-1-2-9-21(20)26(32)30(25)17-19-7-5-6-18(19)16-28-12-14-29(15-13-28)24-22-10-3-4-11-23(22)33-27-24;1-2-7-17-16(6-1)18(19-22-17)20-8-10-21(11-9-20)12-14-4-3-5-15(14)13-21;1-5(2,3)4/h1-4,8-11,18-19H,5-7,12-17H2;1-2,6-7,14-15H,3-5,8-13H2;1H3,(H,2,3,4)/q;+1;/p-1/t18-,19-;14-,15-;/m11./s1. The van der Waals surface area contributed by atoms with Gasteiger partial charge in [-0.05, 0) is 97.0 Å². The lowest BCUT2D eigenvalue weighted by atomic mass is 9.94. The maximum atomic E-state index is 12.8. The molecule has 318 valence electrons. The number of hydrogen-bond acceptors (Lipinski definition) is 12. The van der Waals surface area contributed by atoms with Crippen LogP contribution in [0.3, 0.4) is 0 Å². The number of benzene rings is 3. The van der Waals surface area contributed by atoms with Crippen LogP contribution in [0.1, 0.15) is 59.2 Å². The van der Waals surface area contributed by atoms with Crippen LogP contribution in [-0.4, -0.2) is 133 Å². The van der Waals surface area contributed by atoms with Gasteiger partial charge in [-0.3, -0.25) is 19.4 Å². The van der Waals surface area contributed by atoms with Crippen LogP contribution in [-0.2, 0) is 10.1 Å². The van der Waals surface area contributed by atoms with Crippen LogP contribution in [0.5, 0.6) is 0 Å². The highest BCUT2D eigenvalue weighted by molar-refractivity contribution is 7.84. The van der Waals surface area contributed by atoms with Crippen molar-refractivity contribution in [3.8, 4) is 0 Å². The lowest BCUT2D eigenvalue weighted by molar-refractivity contribution is -0.920. The summed E-state index contributed by atoms with van der Waals surface area (Å²) in [5.74, 6) is 5.15. The zero-order valence-electron chi connectivity index (χ0n) is 34.4. The van der Waals surface area contributed by atoms with Crippen LogP contribution in [0.4, 0.5) is 11.6 Å². The summed E-state index contributed by atoms with van der Waals surface area (Å²) in [6, 6.07) is 24.4. The van der Waals surface area contributed by atoms with Crippen molar-refractivity contribution in [2.24, 2.45) is 23.7 Å². The smallest absolute Gasteiger partial charge is 0.261 e. The molecule has 0 N–H and O–H groups in total. The molecule has 6 heterocycles. The molecule has 6 aliphatic rings. The number of imide groups is 1. The Bertz CT molecular complexity index is 2380. The van der Waals surface area contributed by atoms with Gasteiger partial charge in [-0.15, -0.1) is 0 Å². The predicted octanol–water partition coefficient (Wildman–Crippen LogP) is 6.66. The molecule has 4 aliphatic heterocycles. The van der Waals surface area contributed by atoms with Crippen molar-refractivity contribution in [2.75, 3.05) is 94.6 Å². The summed E-state index contributed by atoms with van der Waals surface area (Å²) in [5.41, 5.74) is 1.12. The van der Waals surface area contributed by atoms with E-state index in [2.05, 4.69) is 63.2 Å². The van der Waals surface area contributed by atoms with E-state index in [0.29, 0.717) is 35.8 Å². The van der Waals surface area contributed by atoms with Gasteiger partial charge >= 0.3 is 0 Å².